The van der Waals surface area contributed by atoms with E-state index >= 15 is 0 Å². The maximum absolute atomic E-state index is 13.8. The van der Waals surface area contributed by atoms with E-state index in [1.807, 2.05) is 28.6 Å². The second-order valence-electron chi connectivity index (χ2n) is 11.4. The van der Waals surface area contributed by atoms with Crippen molar-refractivity contribution < 1.29 is 9.59 Å². The number of nitrogens with zero attached hydrogens (tertiary/aromatic N) is 3. The molecular formula is C32H43N5O2. The lowest BCUT2D eigenvalue weighted by Gasteiger charge is -2.34. The van der Waals surface area contributed by atoms with E-state index in [2.05, 4.69) is 79.7 Å². The summed E-state index contributed by atoms with van der Waals surface area (Å²) in [6, 6.07) is 15.7. The van der Waals surface area contributed by atoms with Crippen LogP contribution in [0.1, 0.15) is 74.8 Å². The normalized spacial score (nSPS) is 15.0. The summed E-state index contributed by atoms with van der Waals surface area (Å²) < 4.78 is 1.90. The molecule has 1 saturated heterocycles. The Morgan fingerprint density at radius 2 is 1.59 bits per heavy atom. The highest BCUT2D eigenvalue weighted by atomic mass is 16.2. The van der Waals surface area contributed by atoms with E-state index in [1.165, 1.54) is 5.56 Å². The zero-order valence-electron chi connectivity index (χ0n) is 24.0. The fourth-order valence-electron chi connectivity index (χ4n) is 5.52. The molecule has 1 aromatic heterocycles. The molecule has 1 fully saturated rings. The van der Waals surface area contributed by atoms with Gasteiger partial charge >= 0.3 is 6.03 Å². The van der Waals surface area contributed by atoms with Gasteiger partial charge < -0.3 is 20.1 Å². The number of hydrogen-bond acceptors (Lipinski definition) is 3. The highest BCUT2D eigenvalue weighted by Crippen LogP contribution is 2.32. The van der Waals surface area contributed by atoms with Crippen LogP contribution in [-0.4, -0.2) is 45.5 Å². The molecule has 3 aromatic rings. The molecule has 0 bridgehead atoms. The number of amides is 3. The second kappa shape index (κ2) is 13.0. The number of benzene rings is 2. The van der Waals surface area contributed by atoms with Gasteiger partial charge in [0.2, 0.25) is 5.91 Å². The van der Waals surface area contributed by atoms with Crippen molar-refractivity contribution in [3.63, 3.8) is 0 Å². The van der Waals surface area contributed by atoms with Crippen LogP contribution in [0.3, 0.4) is 0 Å². The number of anilines is 1. The molecule has 3 amide bonds. The first-order valence-corrected chi connectivity index (χ1v) is 14.2. The molecule has 1 unspecified atom stereocenters. The molecule has 7 heteroatoms. The summed E-state index contributed by atoms with van der Waals surface area (Å²) in [7, 11) is 1.91. The van der Waals surface area contributed by atoms with E-state index in [0.717, 1.165) is 41.8 Å². The molecule has 1 aliphatic heterocycles. The molecule has 2 N–H and O–H groups in total. The molecule has 0 spiro atoms. The minimum atomic E-state index is -0.681. The summed E-state index contributed by atoms with van der Waals surface area (Å²) in [5.74, 6) is 1.03. The van der Waals surface area contributed by atoms with Crippen molar-refractivity contribution in [2.75, 3.05) is 18.4 Å². The lowest BCUT2D eigenvalue weighted by atomic mass is 9.90. The van der Waals surface area contributed by atoms with Crippen LogP contribution in [0.2, 0.25) is 0 Å². The van der Waals surface area contributed by atoms with Crippen molar-refractivity contribution in [3.05, 3.63) is 83.4 Å². The first-order valence-electron chi connectivity index (χ1n) is 14.2. The van der Waals surface area contributed by atoms with Gasteiger partial charge in [0.05, 0.1) is 6.33 Å². The van der Waals surface area contributed by atoms with Crippen LogP contribution in [0.15, 0.2) is 61.1 Å². The smallest absolute Gasteiger partial charge is 0.319 e. The minimum Gasteiger partial charge on any atom is -0.341 e. The molecular weight excluding hydrogens is 486 g/mol. The van der Waals surface area contributed by atoms with E-state index in [0.29, 0.717) is 25.4 Å². The zero-order chi connectivity index (χ0) is 27.9. The van der Waals surface area contributed by atoms with Gasteiger partial charge in [-0.1, -0.05) is 76.2 Å². The number of carbonyl (C=O) groups is 2. The van der Waals surface area contributed by atoms with Crippen LogP contribution >= 0.6 is 0 Å². The summed E-state index contributed by atoms with van der Waals surface area (Å²) in [6.45, 7) is 9.90. The number of carbonyl (C=O) groups excluding carboxylic acids is 2. The number of aromatic nitrogens is 2. The van der Waals surface area contributed by atoms with Gasteiger partial charge in [-0.15, -0.1) is 0 Å². The number of hydrogen-bond donors (Lipinski definition) is 2. The lowest BCUT2D eigenvalue weighted by molar-refractivity contribution is -0.134. The number of urea groups is 1. The average Bonchev–Trinajstić information content (AvgIpc) is 3.32. The van der Waals surface area contributed by atoms with Crippen LogP contribution < -0.4 is 10.6 Å². The van der Waals surface area contributed by atoms with Gasteiger partial charge in [-0.2, -0.15) is 0 Å². The third-order valence-corrected chi connectivity index (χ3v) is 7.84. The van der Waals surface area contributed by atoms with Gasteiger partial charge in [-0.05, 0) is 53.7 Å². The topological polar surface area (TPSA) is 79.3 Å². The molecule has 1 aliphatic rings. The summed E-state index contributed by atoms with van der Waals surface area (Å²) in [5.41, 5.74) is 5.27. The third-order valence-electron chi connectivity index (χ3n) is 7.84. The third kappa shape index (κ3) is 7.28. The Balaban J connectivity index is 1.47. The van der Waals surface area contributed by atoms with Gasteiger partial charge in [0.1, 0.15) is 6.04 Å². The predicted molar refractivity (Wildman–Crippen MR) is 157 cm³/mol. The Kier molecular flexibility index (Phi) is 9.44. The van der Waals surface area contributed by atoms with E-state index in [9.17, 15) is 9.59 Å². The maximum atomic E-state index is 13.8. The Bertz CT molecular complexity index is 1220. The number of nitrogens with one attached hydrogen (secondary N) is 2. The van der Waals surface area contributed by atoms with Gasteiger partial charge in [0.15, 0.2) is 0 Å². The SMILES string of the molecule is CC(C)c1cccc(C(C)C)c1NC(=O)NC(Cc1cncn1C)C(=O)N1CCC(Cc2ccccc2)CC1. The lowest BCUT2D eigenvalue weighted by Crippen LogP contribution is -2.52. The van der Waals surface area contributed by atoms with Gasteiger partial charge in [0.25, 0.3) is 0 Å². The average molecular weight is 530 g/mol. The van der Waals surface area contributed by atoms with Gasteiger partial charge in [0, 0.05) is 44.1 Å². The van der Waals surface area contributed by atoms with E-state index in [1.54, 1.807) is 12.5 Å². The largest absolute Gasteiger partial charge is 0.341 e. The van der Waals surface area contributed by atoms with Crippen molar-refractivity contribution in [2.45, 2.75) is 71.3 Å². The van der Waals surface area contributed by atoms with Crippen LogP contribution in [0.4, 0.5) is 10.5 Å². The zero-order valence-corrected chi connectivity index (χ0v) is 24.0. The number of piperidine rings is 1. The first kappa shape index (κ1) is 28.4. The molecule has 2 heterocycles. The fourth-order valence-corrected chi connectivity index (χ4v) is 5.52. The highest BCUT2D eigenvalue weighted by Gasteiger charge is 2.30. The number of rotatable bonds is 9. The molecule has 0 aliphatic carbocycles. The summed E-state index contributed by atoms with van der Waals surface area (Å²) in [5, 5.41) is 6.14. The highest BCUT2D eigenvalue weighted by molar-refractivity contribution is 5.95. The number of aryl methyl sites for hydroxylation is 1. The maximum Gasteiger partial charge on any atom is 0.319 e. The summed E-state index contributed by atoms with van der Waals surface area (Å²) in [6.07, 6.45) is 6.83. The molecule has 0 radical (unpaired) electrons. The van der Waals surface area contributed by atoms with Crippen LogP contribution in [0.5, 0.6) is 0 Å². The standard InChI is InChI=1S/C32H43N5O2/c1-22(2)27-12-9-13-28(23(3)4)30(27)35-32(39)34-29(19-26-20-33-21-36(26)5)31(38)37-16-14-25(15-17-37)18-24-10-7-6-8-11-24/h6-13,20-23,25,29H,14-19H2,1-5H3,(H2,34,35,39). The molecule has 7 nitrogen and oxygen atoms in total. The van der Waals surface area contributed by atoms with Crippen LogP contribution in [0.25, 0.3) is 0 Å². The van der Waals surface area contributed by atoms with E-state index < -0.39 is 6.04 Å². The molecule has 4 rings (SSSR count). The van der Waals surface area contributed by atoms with Crippen LogP contribution in [-0.2, 0) is 24.7 Å². The first-order chi connectivity index (χ1) is 18.7. The number of para-hydroxylation sites is 1. The molecule has 39 heavy (non-hydrogen) atoms. The molecule has 1 atom stereocenters. The number of likely N-dealkylation sites (tertiary alicyclic amines) is 1. The Labute approximate surface area is 233 Å². The van der Waals surface area contributed by atoms with Crippen molar-refractivity contribution in [3.8, 4) is 0 Å². The Morgan fingerprint density at radius 1 is 0.949 bits per heavy atom. The van der Waals surface area contributed by atoms with Crippen molar-refractivity contribution in [2.24, 2.45) is 13.0 Å². The molecule has 2 aromatic carbocycles. The molecule has 0 saturated carbocycles. The Hall–Kier alpha value is -3.61. The molecule has 208 valence electrons. The Morgan fingerprint density at radius 3 is 2.15 bits per heavy atom. The van der Waals surface area contributed by atoms with E-state index in [-0.39, 0.29) is 23.8 Å². The monoisotopic (exact) mass is 529 g/mol. The van der Waals surface area contributed by atoms with Crippen molar-refractivity contribution in [1.82, 2.24) is 19.8 Å². The second-order valence-corrected chi connectivity index (χ2v) is 11.4. The summed E-state index contributed by atoms with van der Waals surface area (Å²) >= 11 is 0. The van der Waals surface area contributed by atoms with Gasteiger partial charge in [-0.25, -0.2) is 9.78 Å². The van der Waals surface area contributed by atoms with E-state index in [4.69, 9.17) is 0 Å². The van der Waals surface area contributed by atoms with Crippen molar-refractivity contribution in [1.29, 1.82) is 0 Å². The van der Waals surface area contributed by atoms with Gasteiger partial charge in [-0.3, -0.25) is 4.79 Å². The predicted octanol–water partition coefficient (Wildman–Crippen LogP) is 5.88. The quantitative estimate of drug-likeness (QED) is 0.363. The fraction of sp³-hybridized carbons (Fsp3) is 0.469. The summed E-state index contributed by atoms with van der Waals surface area (Å²) in [4.78, 5) is 33.3. The number of imidazole rings is 1. The van der Waals surface area contributed by atoms with Crippen LogP contribution in [0, 0.1) is 5.92 Å². The minimum absolute atomic E-state index is 0.0364. The van der Waals surface area contributed by atoms with Crippen molar-refractivity contribution >= 4 is 17.6 Å².